The molecule has 0 amide bonds. The van der Waals surface area contributed by atoms with Gasteiger partial charge in [-0.15, -0.1) is 0 Å². The SMILES string of the molecule is CC(C)C(=O)OC(OC(=O)Oc1ccc(C(F)(F)F)cc1)C(C)C. The van der Waals surface area contributed by atoms with Crippen LogP contribution in [-0.2, 0) is 20.4 Å². The van der Waals surface area contributed by atoms with E-state index in [1.165, 1.54) is 0 Å². The first-order chi connectivity index (χ1) is 11.0. The molecule has 0 heterocycles. The summed E-state index contributed by atoms with van der Waals surface area (Å²) in [6.07, 6.45) is -6.81. The van der Waals surface area contributed by atoms with Gasteiger partial charge in [0, 0.05) is 5.92 Å². The summed E-state index contributed by atoms with van der Waals surface area (Å²) in [5, 5.41) is 0. The van der Waals surface area contributed by atoms with Crippen molar-refractivity contribution in [2.24, 2.45) is 11.8 Å². The Hall–Kier alpha value is -2.25. The third kappa shape index (κ3) is 6.10. The van der Waals surface area contributed by atoms with Gasteiger partial charge >= 0.3 is 18.3 Å². The molecule has 0 saturated heterocycles. The number of rotatable bonds is 5. The molecule has 8 heteroatoms. The predicted octanol–water partition coefficient (Wildman–Crippen LogP) is 4.40. The summed E-state index contributed by atoms with van der Waals surface area (Å²) in [6, 6.07) is 3.55. The number of alkyl halides is 3. The highest BCUT2D eigenvalue weighted by Crippen LogP contribution is 2.30. The lowest BCUT2D eigenvalue weighted by atomic mass is 10.2. The second kappa shape index (κ2) is 8.03. The average molecular weight is 348 g/mol. The van der Waals surface area contributed by atoms with Gasteiger partial charge in [0.15, 0.2) is 0 Å². The van der Waals surface area contributed by atoms with E-state index in [2.05, 4.69) is 0 Å². The fourth-order valence-electron chi connectivity index (χ4n) is 1.47. The summed E-state index contributed by atoms with van der Waals surface area (Å²) in [7, 11) is 0. The Morgan fingerprint density at radius 3 is 1.92 bits per heavy atom. The van der Waals surface area contributed by atoms with Crippen LogP contribution in [0.2, 0.25) is 0 Å². The van der Waals surface area contributed by atoms with Gasteiger partial charge in [-0.3, -0.25) is 4.79 Å². The summed E-state index contributed by atoms with van der Waals surface area (Å²) in [6.45, 7) is 6.59. The third-order valence-corrected chi connectivity index (χ3v) is 2.84. The summed E-state index contributed by atoms with van der Waals surface area (Å²) < 4.78 is 52.1. The monoisotopic (exact) mass is 348 g/mol. The van der Waals surface area contributed by atoms with E-state index in [-0.39, 0.29) is 11.7 Å². The van der Waals surface area contributed by atoms with E-state index in [9.17, 15) is 22.8 Å². The Bertz CT molecular complexity index is 564. The lowest BCUT2D eigenvalue weighted by Crippen LogP contribution is -2.32. The highest BCUT2D eigenvalue weighted by atomic mass is 19.4. The topological polar surface area (TPSA) is 61.8 Å². The lowest BCUT2D eigenvalue weighted by Gasteiger charge is -2.21. The molecule has 0 radical (unpaired) electrons. The number of hydrogen-bond acceptors (Lipinski definition) is 5. The first-order valence-electron chi connectivity index (χ1n) is 7.27. The van der Waals surface area contributed by atoms with Crippen LogP contribution in [0.5, 0.6) is 5.75 Å². The van der Waals surface area contributed by atoms with Crippen LogP contribution in [-0.4, -0.2) is 18.4 Å². The number of hydrogen-bond donors (Lipinski definition) is 0. The van der Waals surface area contributed by atoms with E-state index in [0.29, 0.717) is 0 Å². The molecule has 0 bridgehead atoms. The Morgan fingerprint density at radius 1 is 0.958 bits per heavy atom. The Balaban J connectivity index is 2.67. The van der Waals surface area contributed by atoms with Gasteiger partial charge in [0.2, 0.25) is 0 Å². The molecule has 1 atom stereocenters. The van der Waals surface area contributed by atoms with Crippen LogP contribution in [0.4, 0.5) is 18.0 Å². The number of carbonyl (C=O) groups is 2. The zero-order valence-electron chi connectivity index (χ0n) is 13.7. The molecule has 1 unspecified atom stereocenters. The van der Waals surface area contributed by atoms with Gasteiger partial charge < -0.3 is 14.2 Å². The van der Waals surface area contributed by atoms with Crippen LogP contribution in [0.25, 0.3) is 0 Å². The first kappa shape index (κ1) is 19.8. The minimum Gasteiger partial charge on any atom is -0.425 e. The van der Waals surface area contributed by atoms with Crippen molar-refractivity contribution < 1.29 is 37.0 Å². The summed E-state index contributed by atoms with van der Waals surface area (Å²) in [5.41, 5.74) is -0.867. The maximum absolute atomic E-state index is 12.4. The second-order valence-electron chi connectivity index (χ2n) is 5.70. The molecular formula is C16H19F3O5. The normalized spacial score (nSPS) is 12.9. The molecule has 0 fully saturated rings. The minimum absolute atomic E-state index is 0.120. The van der Waals surface area contributed by atoms with Crippen molar-refractivity contribution in [2.75, 3.05) is 0 Å². The molecule has 0 aliphatic carbocycles. The first-order valence-corrected chi connectivity index (χ1v) is 7.27. The molecule has 0 spiro atoms. The number of carbonyl (C=O) groups excluding carboxylic acids is 2. The van der Waals surface area contributed by atoms with E-state index in [1.807, 2.05) is 0 Å². The maximum Gasteiger partial charge on any atom is 0.516 e. The molecule has 0 N–H and O–H groups in total. The standard InChI is InChI=1S/C16H19F3O5/c1-9(2)13(20)23-14(10(3)4)24-15(21)22-12-7-5-11(6-8-12)16(17,18)19/h5-10,14H,1-4H3. The molecule has 0 aliphatic heterocycles. The molecule has 24 heavy (non-hydrogen) atoms. The van der Waals surface area contributed by atoms with E-state index in [0.717, 1.165) is 24.3 Å². The van der Waals surface area contributed by atoms with Crippen molar-refractivity contribution in [3.63, 3.8) is 0 Å². The quantitative estimate of drug-likeness (QED) is 0.448. The average Bonchev–Trinajstić information content (AvgIpc) is 2.45. The van der Waals surface area contributed by atoms with E-state index >= 15 is 0 Å². The Labute approximate surface area is 137 Å². The third-order valence-electron chi connectivity index (χ3n) is 2.84. The second-order valence-corrected chi connectivity index (χ2v) is 5.70. The van der Waals surface area contributed by atoms with Crippen molar-refractivity contribution in [1.29, 1.82) is 0 Å². The maximum atomic E-state index is 12.4. The van der Waals surface area contributed by atoms with Crippen molar-refractivity contribution in [3.8, 4) is 5.75 Å². The van der Waals surface area contributed by atoms with Gasteiger partial charge in [0.25, 0.3) is 6.29 Å². The molecule has 1 rings (SSSR count). The van der Waals surface area contributed by atoms with Crippen LogP contribution >= 0.6 is 0 Å². The number of esters is 1. The smallest absolute Gasteiger partial charge is 0.425 e. The molecule has 0 aromatic heterocycles. The molecule has 1 aromatic carbocycles. The molecule has 0 saturated carbocycles. The molecule has 134 valence electrons. The van der Waals surface area contributed by atoms with Crippen molar-refractivity contribution in [2.45, 2.75) is 40.2 Å². The van der Waals surface area contributed by atoms with Crippen molar-refractivity contribution in [1.82, 2.24) is 0 Å². The van der Waals surface area contributed by atoms with Crippen LogP contribution in [0.1, 0.15) is 33.3 Å². The highest BCUT2D eigenvalue weighted by Gasteiger charge is 2.30. The number of benzene rings is 1. The Morgan fingerprint density at radius 2 is 1.50 bits per heavy atom. The number of halogens is 3. The van der Waals surface area contributed by atoms with Gasteiger partial charge in [-0.25, -0.2) is 4.79 Å². The Kier molecular flexibility index (Phi) is 6.62. The fraction of sp³-hybridized carbons (Fsp3) is 0.500. The number of ether oxygens (including phenoxy) is 3. The fourth-order valence-corrected chi connectivity index (χ4v) is 1.47. The zero-order valence-corrected chi connectivity index (χ0v) is 13.7. The predicted molar refractivity (Wildman–Crippen MR) is 78.1 cm³/mol. The van der Waals surface area contributed by atoms with Crippen molar-refractivity contribution >= 4 is 12.1 Å². The largest absolute Gasteiger partial charge is 0.516 e. The lowest BCUT2D eigenvalue weighted by molar-refractivity contribution is -0.180. The highest BCUT2D eigenvalue weighted by molar-refractivity contribution is 5.72. The van der Waals surface area contributed by atoms with Crippen molar-refractivity contribution in [3.05, 3.63) is 29.8 Å². The van der Waals surface area contributed by atoms with Crippen LogP contribution in [0.3, 0.4) is 0 Å². The molecular weight excluding hydrogens is 329 g/mol. The van der Waals surface area contributed by atoms with E-state index in [1.54, 1.807) is 27.7 Å². The zero-order chi connectivity index (χ0) is 18.5. The molecule has 5 nitrogen and oxygen atoms in total. The van der Waals surface area contributed by atoms with Gasteiger partial charge in [0.05, 0.1) is 11.5 Å². The van der Waals surface area contributed by atoms with Gasteiger partial charge in [0.1, 0.15) is 5.75 Å². The van der Waals surface area contributed by atoms with E-state index < -0.39 is 36.1 Å². The van der Waals surface area contributed by atoms with Crippen LogP contribution in [0, 0.1) is 11.8 Å². The minimum atomic E-state index is -4.48. The van der Waals surface area contributed by atoms with Crippen LogP contribution in [0.15, 0.2) is 24.3 Å². The molecule has 0 aliphatic rings. The molecule has 1 aromatic rings. The summed E-state index contributed by atoms with van der Waals surface area (Å²) >= 11 is 0. The van der Waals surface area contributed by atoms with Crippen LogP contribution < -0.4 is 4.74 Å². The van der Waals surface area contributed by atoms with Gasteiger partial charge in [-0.05, 0) is 24.3 Å². The summed E-state index contributed by atoms with van der Waals surface area (Å²) in [5.74, 6) is -1.39. The van der Waals surface area contributed by atoms with Gasteiger partial charge in [-0.1, -0.05) is 27.7 Å². The summed E-state index contributed by atoms with van der Waals surface area (Å²) in [4.78, 5) is 23.3. The van der Waals surface area contributed by atoms with E-state index in [4.69, 9.17) is 14.2 Å². The van der Waals surface area contributed by atoms with Gasteiger partial charge in [-0.2, -0.15) is 13.2 Å².